The lowest BCUT2D eigenvalue weighted by Gasteiger charge is -2.02. The van der Waals surface area contributed by atoms with Crippen LogP contribution in [0.2, 0.25) is 0 Å². The van der Waals surface area contributed by atoms with Crippen LogP contribution in [-0.4, -0.2) is 49.2 Å². The van der Waals surface area contributed by atoms with Crippen molar-refractivity contribution in [2.24, 2.45) is 5.73 Å². The highest BCUT2D eigenvalue weighted by molar-refractivity contribution is 6.27. The number of hydrogen-bond acceptors (Lipinski definition) is 5. The molecule has 0 bridgehead atoms. The maximum Gasteiger partial charge on any atom is 0.414 e. The molecule has 1 heterocycles. The fourth-order valence-corrected chi connectivity index (χ4v) is 0.721. The van der Waals surface area contributed by atoms with E-state index in [9.17, 15) is 4.79 Å². The number of carboxylic acids is 3. The topological polar surface area (TPSA) is 167 Å². The van der Waals surface area contributed by atoms with E-state index >= 15 is 0 Å². The SMILES string of the molecule is N[C@@H](Cc1cnc[nH]1)C(=O)O.O=C(O)C(=O)O. The molecule has 17 heavy (non-hydrogen) atoms. The zero-order valence-corrected chi connectivity index (χ0v) is 8.53. The standard InChI is InChI=1S/C6H9N3O2.C2H2O4/c7-5(6(10)11)1-4-2-8-3-9-4;3-1(4)2(5)6/h2-3,5H,1,7H2,(H,8,9)(H,10,11);(H,3,4)(H,5,6)/t5-;/m0./s1. The summed E-state index contributed by atoms with van der Waals surface area (Å²) in [7, 11) is 0. The van der Waals surface area contributed by atoms with Crippen molar-refractivity contribution in [1.29, 1.82) is 0 Å². The summed E-state index contributed by atoms with van der Waals surface area (Å²) in [5.74, 6) is -4.65. The molecule has 9 nitrogen and oxygen atoms in total. The third-order valence-corrected chi connectivity index (χ3v) is 1.49. The quantitative estimate of drug-likeness (QED) is 0.402. The fourth-order valence-electron chi connectivity index (χ4n) is 0.721. The summed E-state index contributed by atoms with van der Waals surface area (Å²) in [6.07, 6.45) is 3.34. The van der Waals surface area contributed by atoms with Gasteiger partial charge in [-0.3, -0.25) is 4.79 Å². The zero-order chi connectivity index (χ0) is 13.4. The number of H-pyrrole nitrogens is 1. The predicted molar refractivity (Wildman–Crippen MR) is 53.2 cm³/mol. The van der Waals surface area contributed by atoms with Crippen LogP contribution in [0, 0.1) is 0 Å². The minimum atomic E-state index is -1.82. The van der Waals surface area contributed by atoms with E-state index in [1.807, 2.05) is 0 Å². The third kappa shape index (κ3) is 6.62. The molecule has 0 aromatic carbocycles. The third-order valence-electron chi connectivity index (χ3n) is 1.49. The number of rotatable bonds is 3. The number of carbonyl (C=O) groups is 3. The molecule has 0 aliphatic heterocycles. The Morgan fingerprint density at radius 3 is 2.12 bits per heavy atom. The molecule has 94 valence electrons. The van der Waals surface area contributed by atoms with Gasteiger partial charge in [0.1, 0.15) is 6.04 Å². The first-order chi connectivity index (χ1) is 7.84. The summed E-state index contributed by atoms with van der Waals surface area (Å²) in [6.45, 7) is 0. The molecule has 0 radical (unpaired) electrons. The molecule has 0 aliphatic carbocycles. The van der Waals surface area contributed by atoms with Gasteiger partial charge in [0.05, 0.1) is 6.33 Å². The molecular weight excluding hydrogens is 234 g/mol. The molecule has 0 fully saturated rings. The van der Waals surface area contributed by atoms with Crippen LogP contribution in [-0.2, 0) is 20.8 Å². The van der Waals surface area contributed by atoms with Crippen LogP contribution in [0.25, 0.3) is 0 Å². The van der Waals surface area contributed by atoms with Crippen LogP contribution in [0.3, 0.4) is 0 Å². The Balaban J connectivity index is 0.000000366. The highest BCUT2D eigenvalue weighted by atomic mass is 16.4. The van der Waals surface area contributed by atoms with E-state index in [4.69, 9.17) is 30.6 Å². The van der Waals surface area contributed by atoms with E-state index in [1.165, 1.54) is 6.33 Å². The number of aliphatic carboxylic acids is 3. The second-order valence-electron chi connectivity index (χ2n) is 2.84. The number of nitrogens with two attached hydrogens (primary N) is 1. The van der Waals surface area contributed by atoms with Crippen molar-refractivity contribution in [2.75, 3.05) is 0 Å². The predicted octanol–water partition coefficient (Wildman–Crippen LogP) is -1.48. The molecule has 9 heteroatoms. The monoisotopic (exact) mass is 245 g/mol. The molecular formula is C8H11N3O6. The van der Waals surface area contributed by atoms with E-state index in [1.54, 1.807) is 6.20 Å². The summed E-state index contributed by atoms with van der Waals surface area (Å²) < 4.78 is 0. The number of aromatic nitrogens is 2. The average Bonchev–Trinajstić information content (AvgIpc) is 2.71. The van der Waals surface area contributed by atoms with Gasteiger partial charge in [0, 0.05) is 18.3 Å². The Morgan fingerprint density at radius 2 is 1.82 bits per heavy atom. The summed E-state index contributed by atoms with van der Waals surface area (Å²) >= 11 is 0. The Bertz CT molecular complexity index is 376. The van der Waals surface area contributed by atoms with E-state index < -0.39 is 23.9 Å². The van der Waals surface area contributed by atoms with E-state index in [2.05, 4.69) is 9.97 Å². The number of hydrogen-bond donors (Lipinski definition) is 5. The van der Waals surface area contributed by atoms with Crippen LogP contribution in [0.5, 0.6) is 0 Å². The zero-order valence-electron chi connectivity index (χ0n) is 8.53. The minimum Gasteiger partial charge on any atom is -0.480 e. The lowest BCUT2D eigenvalue weighted by atomic mass is 10.2. The van der Waals surface area contributed by atoms with Crippen molar-refractivity contribution in [3.63, 3.8) is 0 Å². The maximum atomic E-state index is 10.3. The number of aromatic amines is 1. The van der Waals surface area contributed by atoms with Crippen LogP contribution in [0.4, 0.5) is 0 Å². The molecule has 1 aromatic heterocycles. The number of carboxylic acid groups (broad SMARTS) is 3. The first-order valence-corrected chi connectivity index (χ1v) is 4.26. The van der Waals surface area contributed by atoms with Gasteiger partial charge in [-0.15, -0.1) is 0 Å². The molecule has 0 amide bonds. The van der Waals surface area contributed by atoms with Crippen LogP contribution in [0.15, 0.2) is 12.5 Å². The molecule has 1 aromatic rings. The molecule has 1 rings (SSSR count). The van der Waals surface area contributed by atoms with E-state index in [0.717, 1.165) is 5.69 Å². The maximum absolute atomic E-state index is 10.3. The fraction of sp³-hybridized carbons (Fsp3) is 0.250. The largest absolute Gasteiger partial charge is 0.480 e. The smallest absolute Gasteiger partial charge is 0.414 e. The van der Waals surface area contributed by atoms with Gasteiger partial charge >= 0.3 is 17.9 Å². The molecule has 0 saturated heterocycles. The highest BCUT2D eigenvalue weighted by Gasteiger charge is 2.12. The van der Waals surface area contributed by atoms with Crippen molar-refractivity contribution in [3.8, 4) is 0 Å². The van der Waals surface area contributed by atoms with Crippen molar-refractivity contribution < 1.29 is 29.7 Å². The van der Waals surface area contributed by atoms with Gasteiger partial charge in [0.25, 0.3) is 0 Å². The molecule has 1 atom stereocenters. The summed E-state index contributed by atoms with van der Waals surface area (Å²) in [5, 5.41) is 23.2. The summed E-state index contributed by atoms with van der Waals surface area (Å²) in [5.41, 5.74) is 6.00. The van der Waals surface area contributed by atoms with Crippen molar-refractivity contribution in [2.45, 2.75) is 12.5 Å². The van der Waals surface area contributed by atoms with Gasteiger partial charge in [-0.1, -0.05) is 0 Å². The molecule has 0 spiro atoms. The van der Waals surface area contributed by atoms with Gasteiger partial charge in [-0.2, -0.15) is 0 Å². The lowest BCUT2D eigenvalue weighted by molar-refractivity contribution is -0.159. The molecule has 0 unspecified atom stereocenters. The minimum absolute atomic E-state index is 0.287. The van der Waals surface area contributed by atoms with E-state index in [0.29, 0.717) is 0 Å². The van der Waals surface area contributed by atoms with Crippen molar-refractivity contribution in [3.05, 3.63) is 18.2 Å². The van der Waals surface area contributed by atoms with Crippen LogP contribution >= 0.6 is 0 Å². The molecule has 0 saturated carbocycles. The first kappa shape index (κ1) is 14.6. The van der Waals surface area contributed by atoms with Gasteiger partial charge in [0.15, 0.2) is 0 Å². The van der Waals surface area contributed by atoms with Crippen molar-refractivity contribution >= 4 is 17.9 Å². The second-order valence-corrected chi connectivity index (χ2v) is 2.84. The summed E-state index contributed by atoms with van der Waals surface area (Å²) in [6, 6.07) is -0.851. The number of imidazole rings is 1. The lowest BCUT2D eigenvalue weighted by Crippen LogP contribution is -2.32. The Morgan fingerprint density at radius 1 is 1.29 bits per heavy atom. The van der Waals surface area contributed by atoms with Gasteiger partial charge in [-0.05, 0) is 0 Å². The average molecular weight is 245 g/mol. The van der Waals surface area contributed by atoms with Gasteiger partial charge in [0.2, 0.25) is 0 Å². The van der Waals surface area contributed by atoms with Gasteiger partial charge in [-0.25, -0.2) is 14.6 Å². The molecule has 6 N–H and O–H groups in total. The Kier molecular flexibility index (Phi) is 5.96. The Hall–Kier alpha value is -2.42. The second kappa shape index (κ2) is 6.95. The normalized spacial score (nSPS) is 10.9. The summed E-state index contributed by atoms with van der Waals surface area (Å²) in [4.78, 5) is 35.0. The number of nitrogens with one attached hydrogen (secondary N) is 1. The Labute approximate surface area is 94.9 Å². The van der Waals surface area contributed by atoms with Crippen LogP contribution < -0.4 is 5.73 Å². The van der Waals surface area contributed by atoms with Gasteiger partial charge < -0.3 is 26.0 Å². The number of nitrogens with zero attached hydrogens (tertiary/aromatic N) is 1. The van der Waals surface area contributed by atoms with Crippen molar-refractivity contribution in [1.82, 2.24) is 9.97 Å². The highest BCUT2D eigenvalue weighted by Crippen LogP contribution is 1.95. The van der Waals surface area contributed by atoms with Crippen LogP contribution in [0.1, 0.15) is 5.69 Å². The molecule has 0 aliphatic rings. The van der Waals surface area contributed by atoms with E-state index in [-0.39, 0.29) is 6.42 Å². The first-order valence-electron chi connectivity index (χ1n) is 4.26.